The van der Waals surface area contributed by atoms with Crippen molar-refractivity contribution in [3.8, 4) is 0 Å². The molecular weight excluding hydrogens is 288 g/mol. The highest BCUT2D eigenvalue weighted by Crippen LogP contribution is 2.38. The van der Waals surface area contributed by atoms with Gasteiger partial charge in [-0.15, -0.1) is 0 Å². The number of rotatable bonds is 2. The minimum atomic E-state index is 1.01. The van der Waals surface area contributed by atoms with Crippen LogP contribution in [0.1, 0.15) is 129 Å². The summed E-state index contributed by atoms with van der Waals surface area (Å²) < 4.78 is 0. The second kappa shape index (κ2) is 12.4. The summed E-state index contributed by atoms with van der Waals surface area (Å²) >= 11 is 0. The minimum Gasteiger partial charge on any atom is -0.0651 e. The van der Waals surface area contributed by atoms with Gasteiger partial charge >= 0.3 is 0 Å². The van der Waals surface area contributed by atoms with Crippen LogP contribution in [0.4, 0.5) is 0 Å². The molecule has 2 aliphatic carbocycles. The number of hydrogen-bond donors (Lipinski definition) is 0. The summed E-state index contributed by atoms with van der Waals surface area (Å²) in [6.07, 6.45) is 27.2. The van der Waals surface area contributed by atoms with Gasteiger partial charge in [0.2, 0.25) is 0 Å². The zero-order valence-corrected chi connectivity index (χ0v) is 17.0. The molecule has 2 rings (SSSR count). The number of hydrogen-bond acceptors (Lipinski definition) is 0. The second-order valence-electron chi connectivity index (χ2n) is 9.39. The van der Waals surface area contributed by atoms with Crippen LogP contribution in [0.5, 0.6) is 0 Å². The molecule has 2 unspecified atom stereocenters. The zero-order valence-electron chi connectivity index (χ0n) is 17.0. The molecule has 0 aromatic carbocycles. The standard InChI is InChI=1S/C24H46/c1-3-22-13-10-8-6-4-5-7-9-11-15-23(16-12-14-22)24-19-17-21(2)18-20-24/h21-24H,3-20H2,1-2H3. The molecule has 0 saturated heterocycles. The Labute approximate surface area is 153 Å². The van der Waals surface area contributed by atoms with Crippen molar-refractivity contribution in [3.05, 3.63) is 0 Å². The maximum absolute atomic E-state index is 2.47. The highest BCUT2D eigenvalue weighted by Gasteiger charge is 2.25. The monoisotopic (exact) mass is 334 g/mol. The summed E-state index contributed by atoms with van der Waals surface area (Å²) in [5.74, 6) is 4.19. The highest BCUT2D eigenvalue weighted by molar-refractivity contribution is 4.77. The average molecular weight is 335 g/mol. The Morgan fingerprint density at radius 1 is 0.500 bits per heavy atom. The van der Waals surface area contributed by atoms with Gasteiger partial charge in [-0.05, 0) is 36.5 Å². The lowest BCUT2D eigenvalue weighted by atomic mass is 9.73. The predicted molar refractivity (Wildman–Crippen MR) is 108 cm³/mol. The highest BCUT2D eigenvalue weighted by atomic mass is 14.3. The molecule has 0 heteroatoms. The first-order chi connectivity index (χ1) is 11.8. The first-order valence-corrected chi connectivity index (χ1v) is 11.8. The molecule has 0 radical (unpaired) electrons. The van der Waals surface area contributed by atoms with Gasteiger partial charge in [-0.1, -0.05) is 117 Å². The van der Waals surface area contributed by atoms with Crippen molar-refractivity contribution in [2.75, 3.05) is 0 Å². The van der Waals surface area contributed by atoms with E-state index in [1.165, 1.54) is 89.9 Å². The Kier molecular flexibility index (Phi) is 10.5. The maximum Gasteiger partial charge on any atom is -0.0386 e. The van der Waals surface area contributed by atoms with Crippen molar-refractivity contribution in [3.63, 3.8) is 0 Å². The maximum atomic E-state index is 2.47. The van der Waals surface area contributed by atoms with Crippen LogP contribution in [0.3, 0.4) is 0 Å². The zero-order chi connectivity index (χ0) is 17.0. The van der Waals surface area contributed by atoms with Crippen molar-refractivity contribution >= 4 is 0 Å². The molecule has 0 aromatic rings. The van der Waals surface area contributed by atoms with Crippen LogP contribution in [0.2, 0.25) is 0 Å². The quantitative estimate of drug-likeness (QED) is 0.474. The fraction of sp³-hybridized carbons (Fsp3) is 1.00. The van der Waals surface area contributed by atoms with E-state index in [4.69, 9.17) is 0 Å². The van der Waals surface area contributed by atoms with Crippen LogP contribution in [0.25, 0.3) is 0 Å². The van der Waals surface area contributed by atoms with Gasteiger partial charge in [-0.2, -0.15) is 0 Å². The van der Waals surface area contributed by atoms with Crippen molar-refractivity contribution in [1.29, 1.82) is 0 Å². The Balaban J connectivity index is 1.83. The molecule has 0 nitrogen and oxygen atoms in total. The summed E-state index contributed by atoms with van der Waals surface area (Å²) in [6, 6.07) is 0. The Morgan fingerprint density at radius 3 is 1.58 bits per heavy atom. The smallest absolute Gasteiger partial charge is 0.0386 e. The van der Waals surface area contributed by atoms with Crippen LogP contribution in [0, 0.1) is 23.7 Å². The molecule has 2 aliphatic rings. The summed E-state index contributed by atoms with van der Waals surface area (Å²) in [4.78, 5) is 0. The summed E-state index contributed by atoms with van der Waals surface area (Å²) in [7, 11) is 0. The first-order valence-electron chi connectivity index (χ1n) is 11.8. The Bertz CT molecular complexity index is 286. The molecule has 0 N–H and O–H groups in total. The third-order valence-corrected chi connectivity index (χ3v) is 7.43. The summed E-state index contributed by atoms with van der Waals surface area (Å²) in [6.45, 7) is 4.90. The fourth-order valence-electron chi connectivity index (χ4n) is 5.49. The molecule has 2 atom stereocenters. The molecular formula is C24H46. The third kappa shape index (κ3) is 7.92. The van der Waals surface area contributed by atoms with Gasteiger partial charge in [0.25, 0.3) is 0 Å². The second-order valence-corrected chi connectivity index (χ2v) is 9.39. The van der Waals surface area contributed by atoms with Crippen molar-refractivity contribution in [2.45, 2.75) is 129 Å². The molecule has 0 bridgehead atoms. The van der Waals surface area contributed by atoms with E-state index in [1.54, 1.807) is 25.7 Å². The first kappa shape index (κ1) is 20.3. The van der Waals surface area contributed by atoms with Crippen molar-refractivity contribution in [2.24, 2.45) is 23.7 Å². The van der Waals surface area contributed by atoms with Crippen LogP contribution in [-0.4, -0.2) is 0 Å². The third-order valence-electron chi connectivity index (χ3n) is 7.43. The van der Waals surface area contributed by atoms with Crippen molar-refractivity contribution < 1.29 is 0 Å². The fourth-order valence-corrected chi connectivity index (χ4v) is 5.49. The van der Waals surface area contributed by atoms with E-state index in [-0.39, 0.29) is 0 Å². The van der Waals surface area contributed by atoms with Gasteiger partial charge in [0, 0.05) is 0 Å². The molecule has 2 saturated carbocycles. The lowest BCUT2D eigenvalue weighted by Gasteiger charge is -2.33. The predicted octanol–water partition coefficient (Wildman–Crippen LogP) is 8.54. The molecule has 2 fully saturated rings. The Morgan fingerprint density at radius 2 is 0.958 bits per heavy atom. The van der Waals surface area contributed by atoms with Gasteiger partial charge in [-0.3, -0.25) is 0 Å². The lowest BCUT2D eigenvalue weighted by molar-refractivity contribution is 0.185. The van der Waals surface area contributed by atoms with E-state index < -0.39 is 0 Å². The van der Waals surface area contributed by atoms with Gasteiger partial charge in [0.05, 0.1) is 0 Å². The molecule has 0 heterocycles. The van der Waals surface area contributed by atoms with E-state index in [0.29, 0.717) is 0 Å². The molecule has 0 amide bonds. The van der Waals surface area contributed by atoms with E-state index in [2.05, 4.69) is 13.8 Å². The summed E-state index contributed by atoms with van der Waals surface area (Å²) in [5.41, 5.74) is 0. The molecule has 24 heavy (non-hydrogen) atoms. The molecule has 0 aromatic heterocycles. The van der Waals surface area contributed by atoms with Gasteiger partial charge in [0.15, 0.2) is 0 Å². The van der Waals surface area contributed by atoms with E-state index >= 15 is 0 Å². The van der Waals surface area contributed by atoms with E-state index in [0.717, 1.165) is 23.7 Å². The topological polar surface area (TPSA) is 0 Å². The SMILES string of the molecule is CCC1CCCCCCCCCCC(C2CCC(C)CC2)CCC1. The van der Waals surface area contributed by atoms with E-state index in [1.807, 2.05) is 0 Å². The largest absolute Gasteiger partial charge is 0.0651 e. The van der Waals surface area contributed by atoms with E-state index in [9.17, 15) is 0 Å². The Hall–Kier alpha value is 0. The molecule has 0 spiro atoms. The molecule has 142 valence electrons. The van der Waals surface area contributed by atoms with Crippen LogP contribution >= 0.6 is 0 Å². The van der Waals surface area contributed by atoms with Crippen LogP contribution in [0.15, 0.2) is 0 Å². The van der Waals surface area contributed by atoms with Crippen molar-refractivity contribution in [1.82, 2.24) is 0 Å². The van der Waals surface area contributed by atoms with Gasteiger partial charge in [0.1, 0.15) is 0 Å². The van der Waals surface area contributed by atoms with Gasteiger partial charge < -0.3 is 0 Å². The summed E-state index contributed by atoms with van der Waals surface area (Å²) in [5, 5.41) is 0. The molecule has 0 aliphatic heterocycles. The van der Waals surface area contributed by atoms with Gasteiger partial charge in [-0.25, -0.2) is 0 Å². The lowest BCUT2D eigenvalue weighted by Crippen LogP contribution is -2.21. The average Bonchev–Trinajstić information content (AvgIpc) is 2.61. The van der Waals surface area contributed by atoms with Crippen LogP contribution < -0.4 is 0 Å². The van der Waals surface area contributed by atoms with Crippen LogP contribution in [-0.2, 0) is 0 Å². The minimum absolute atomic E-state index is 1.01. The normalized spacial score (nSPS) is 35.8.